The van der Waals surface area contributed by atoms with Gasteiger partial charge in [-0.3, -0.25) is 9.59 Å². The molecule has 104 valence electrons. The second kappa shape index (κ2) is 5.17. The summed E-state index contributed by atoms with van der Waals surface area (Å²) in [4.78, 5) is 29.6. The molecule has 3 rings (SSSR count). The lowest BCUT2D eigenvalue weighted by Crippen LogP contribution is -2.48. The standard InChI is InChI=1S/C14H14ClN3O2/c15-11-2-1-10-7-13(16-12(10)8-11)14(20)18-5-3-17(9-19)4-6-18/h1-2,7-9,16H,3-6H2. The lowest BCUT2D eigenvalue weighted by molar-refractivity contribution is -0.119. The molecule has 0 bridgehead atoms. The molecule has 2 amide bonds. The van der Waals surface area contributed by atoms with Crippen LogP contribution in [0.2, 0.25) is 5.02 Å². The summed E-state index contributed by atoms with van der Waals surface area (Å²) in [5, 5.41) is 1.60. The molecule has 1 aliphatic heterocycles. The van der Waals surface area contributed by atoms with Gasteiger partial charge in [-0.2, -0.15) is 0 Å². The molecule has 2 aromatic rings. The number of nitrogens with zero attached hydrogens (tertiary/aromatic N) is 2. The molecule has 6 heteroatoms. The number of aromatic amines is 1. The first-order valence-corrected chi connectivity index (χ1v) is 6.82. The number of aromatic nitrogens is 1. The van der Waals surface area contributed by atoms with E-state index in [9.17, 15) is 9.59 Å². The number of hydrogen-bond acceptors (Lipinski definition) is 2. The summed E-state index contributed by atoms with van der Waals surface area (Å²) in [6, 6.07) is 7.32. The number of fused-ring (bicyclic) bond motifs is 1. The number of carbonyl (C=O) groups excluding carboxylic acids is 2. The fourth-order valence-corrected chi connectivity index (χ4v) is 2.59. The minimum Gasteiger partial charge on any atom is -0.350 e. The molecular weight excluding hydrogens is 278 g/mol. The maximum Gasteiger partial charge on any atom is 0.270 e. The highest BCUT2D eigenvalue weighted by atomic mass is 35.5. The Morgan fingerprint density at radius 1 is 1.20 bits per heavy atom. The number of halogens is 1. The van der Waals surface area contributed by atoms with E-state index in [1.165, 1.54) is 0 Å². The van der Waals surface area contributed by atoms with Crippen LogP contribution >= 0.6 is 11.6 Å². The van der Waals surface area contributed by atoms with Gasteiger partial charge in [-0.1, -0.05) is 17.7 Å². The fraction of sp³-hybridized carbons (Fsp3) is 0.286. The van der Waals surface area contributed by atoms with E-state index in [0.717, 1.165) is 17.3 Å². The molecule has 2 heterocycles. The van der Waals surface area contributed by atoms with Crippen LogP contribution in [0.4, 0.5) is 0 Å². The first-order valence-electron chi connectivity index (χ1n) is 6.44. The van der Waals surface area contributed by atoms with Crippen molar-refractivity contribution in [3.8, 4) is 0 Å². The lowest BCUT2D eigenvalue weighted by atomic mass is 10.2. The number of benzene rings is 1. The summed E-state index contributed by atoms with van der Waals surface area (Å²) in [5.74, 6) is -0.0390. The van der Waals surface area contributed by atoms with E-state index >= 15 is 0 Å². The topological polar surface area (TPSA) is 56.4 Å². The highest BCUT2D eigenvalue weighted by Crippen LogP contribution is 2.21. The van der Waals surface area contributed by atoms with Gasteiger partial charge in [-0.25, -0.2) is 0 Å². The van der Waals surface area contributed by atoms with Crippen LogP contribution < -0.4 is 0 Å². The minimum atomic E-state index is -0.0390. The second-order valence-electron chi connectivity index (χ2n) is 4.85. The van der Waals surface area contributed by atoms with Crippen molar-refractivity contribution in [3.63, 3.8) is 0 Å². The van der Waals surface area contributed by atoms with E-state index in [0.29, 0.717) is 36.9 Å². The zero-order valence-electron chi connectivity index (χ0n) is 10.8. The van der Waals surface area contributed by atoms with Crippen LogP contribution in [0.5, 0.6) is 0 Å². The van der Waals surface area contributed by atoms with Gasteiger partial charge in [-0.05, 0) is 18.2 Å². The third-order valence-corrected chi connectivity index (χ3v) is 3.80. The molecule has 1 aliphatic rings. The average Bonchev–Trinajstić information content (AvgIpc) is 2.89. The van der Waals surface area contributed by atoms with Crippen molar-refractivity contribution in [2.24, 2.45) is 0 Å². The number of carbonyl (C=O) groups is 2. The molecule has 1 fully saturated rings. The van der Waals surface area contributed by atoms with E-state index in [1.54, 1.807) is 21.9 Å². The maximum atomic E-state index is 12.4. The number of H-pyrrole nitrogens is 1. The van der Waals surface area contributed by atoms with Gasteiger partial charge < -0.3 is 14.8 Å². The van der Waals surface area contributed by atoms with Gasteiger partial charge in [0.2, 0.25) is 6.41 Å². The predicted octanol–water partition coefficient (Wildman–Crippen LogP) is 1.74. The quantitative estimate of drug-likeness (QED) is 0.857. The summed E-state index contributed by atoms with van der Waals surface area (Å²) >= 11 is 5.93. The molecule has 0 aliphatic carbocycles. The zero-order chi connectivity index (χ0) is 14.1. The van der Waals surface area contributed by atoms with E-state index in [2.05, 4.69) is 4.98 Å². The highest BCUT2D eigenvalue weighted by Gasteiger charge is 2.22. The molecule has 1 aromatic heterocycles. The lowest BCUT2D eigenvalue weighted by Gasteiger charge is -2.32. The van der Waals surface area contributed by atoms with Crippen LogP contribution in [0, 0.1) is 0 Å². The van der Waals surface area contributed by atoms with E-state index in [-0.39, 0.29) is 5.91 Å². The Hall–Kier alpha value is -2.01. The Balaban J connectivity index is 1.80. The summed E-state index contributed by atoms with van der Waals surface area (Å²) in [6.45, 7) is 2.30. The molecule has 1 N–H and O–H groups in total. The second-order valence-corrected chi connectivity index (χ2v) is 5.28. The smallest absolute Gasteiger partial charge is 0.270 e. The van der Waals surface area contributed by atoms with Crippen LogP contribution in [0.25, 0.3) is 10.9 Å². The van der Waals surface area contributed by atoms with Crippen molar-refractivity contribution in [3.05, 3.63) is 35.0 Å². The van der Waals surface area contributed by atoms with Crippen molar-refractivity contribution < 1.29 is 9.59 Å². The summed E-state index contributed by atoms with van der Waals surface area (Å²) in [5.41, 5.74) is 1.41. The van der Waals surface area contributed by atoms with Gasteiger partial charge in [-0.15, -0.1) is 0 Å². The molecule has 5 nitrogen and oxygen atoms in total. The summed E-state index contributed by atoms with van der Waals surface area (Å²) in [7, 11) is 0. The molecule has 0 spiro atoms. The van der Waals surface area contributed by atoms with Gasteiger partial charge in [0.05, 0.1) is 0 Å². The average molecular weight is 292 g/mol. The third kappa shape index (κ3) is 2.36. The van der Waals surface area contributed by atoms with Crippen LogP contribution in [-0.2, 0) is 4.79 Å². The molecule has 0 saturated carbocycles. The number of nitrogens with one attached hydrogen (secondary N) is 1. The van der Waals surface area contributed by atoms with Gasteiger partial charge in [0.15, 0.2) is 0 Å². The number of hydrogen-bond donors (Lipinski definition) is 1. The first kappa shape index (κ1) is 13.0. The molecular formula is C14H14ClN3O2. The first-order chi connectivity index (χ1) is 9.67. The molecule has 1 saturated heterocycles. The van der Waals surface area contributed by atoms with E-state index in [4.69, 9.17) is 11.6 Å². The Labute approximate surface area is 121 Å². The Morgan fingerprint density at radius 3 is 2.65 bits per heavy atom. The predicted molar refractivity (Wildman–Crippen MR) is 76.8 cm³/mol. The van der Waals surface area contributed by atoms with Crippen molar-refractivity contribution in [1.82, 2.24) is 14.8 Å². The van der Waals surface area contributed by atoms with Gasteiger partial charge in [0.25, 0.3) is 5.91 Å². The minimum absolute atomic E-state index is 0.0390. The molecule has 20 heavy (non-hydrogen) atoms. The highest BCUT2D eigenvalue weighted by molar-refractivity contribution is 6.31. The van der Waals surface area contributed by atoms with E-state index in [1.807, 2.05) is 12.1 Å². The maximum absolute atomic E-state index is 12.4. The normalized spacial score (nSPS) is 15.7. The van der Waals surface area contributed by atoms with Crippen LogP contribution in [0.1, 0.15) is 10.5 Å². The Morgan fingerprint density at radius 2 is 1.95 bits per heavy atom. The Kier molecular flexibility index (Phi) is 3.36. The van der Waals surface area contributed by atoms with Crippen LogP contribution in [-0.4, -0.2) is 53.3 Å². The number of rotatable bonds is 2. The summed E-state index contributed by atoms with van der Waals surface area (Å²) in [6.07, 6.45) is 0.826. The molecule has 0 atom stereocenters. The van der Waals surface area contributed by atoms with Crippen molar-refractivity contribution in [1.29, 1.82) is 0 Å². The van der Waals surface area contributed by atoms with Crippen LogP contribution in [0.15, 0.2) is 24.3 Å². The largest absolute Gasteiger partial charge is 0.350 e. The zero-order valence-corrected chi connectivity index (χ0v) is 11.6. The monoisotopic (exact) mass is 291 g/mol. The van der Waals surface area contributed by atoms with Crippen molar-refractivity contribution in [2.75, 3.05) is 26.2 Å². The fourth-order valence-electron chi connectivity index (χ4n) is 2.42. The molecule has 0 radical (unpaired) electrons. The van der Waals surface area contributed by atoms with Crippen molar-refractivity contribution >= 4 is 34.8 Å². The molecule has 0 unspecified atom stereocenters. The molecule has 1 aromatic carbocycles. The SMILES string of the molecule is O=CN1CCN(C(=O)c2cc3ccc(Cl)cc3[nH]2)CC1. The van der Waals surface area contributed by atoms with Crippen molar-refractivity contribution in [2.45, 2.75) is 0 Å². The number of piperazine rings is 1. The van der Waals surface area contributed by atoms with E-state index < -0.39 is 0 Å². The van der Waals surface area contributed by atoms with Crippen LogP contribution in [0.3, 0.4) is 0 Å². The van der Waals surface area contributed by atoms with Gasteiger partial charge in [0.1, 0.15) is 5.69 Å². The number of amides is 2. The van der Waals surface area contributed by atoms with Gasteiger partial charge >= 0.3 is 0 Å². The summed E-state index contributed by atoms with van der Waals surface area (Å²) < 4.78 is 0. The Bertz CT molecular complexity index is 659. The third-order valence-electron chi connectivity index (χ3n) is 3.57. The van der Waals surface area contributed by atoms with Gasteiger partial charge in [0, 0.05) is 42.1 Å².